The molecular formula is C13H16O5S. The molecule has 104 valence electrons. The molecule has 0 unspecified atom stereocenters. The maximum Gasteiger partial charge on any atom is 0.295 e. The van der Waals surface area contributed by atoms with Crippen LogP contribution in [0.2, 0.25) is 0 Å². The van der Waals surface area contributed by atoms with Gasteiger partial charge >= 0.3 is 0 Å². The largest absolute Gasteiger partial charge is 0.303 e. The van der Waals surface area contributed by atoms with E-state index >= 15 is 0 Å². The van der Waals surface area contributed by atoms with Crippen LogP contribution in [0, 0.1) is 6.92 Å². The standard InChI is InChI=1S/C13H16O5S/c1-10-6-7-13(19(16,17)18)11(9-10)12(15)5-3-2-4-8-14/h6-9H,2-5H2,1H3,(H,16,17,18). The lowest BCUT2D eigenvalue weighted by Gasteiger charge is -2.07. The number of carbonyl (C=O) groups excluding carboxylic acids is 2. The summed E-state index contributed by atoms with van der Waals surface area (Å²) in [5.41, 5.74) is 0.747. The van der Waals surface area contributed by atoms with Gasteiger partial charge in [-0.15, -0.1) is 0 Å². The Kier molecular flexibility index (Phi) is 5.38. The topological polar surface area (TPSA) is 88.5 Å². The van der Waals surface area contributed by atoms with Gasteiger partial charge in [0.25, 0.3) is 10.1 Å². The predicted octanol–water partition coefficient (Wildman–Crippen LogP) is 2.18. The average molecular weight is 284 g/mol. The number of aldehydes is 1. The molecule has 0 bridgehead atoms. The molecule has 0 aromatic heterocycles. The van der Waals surface area contributed by atoms with E-state index in [9.17, 15) is 18.0 Å². The van der Waals surface area contributed by atoms with Gasteiger partial charge in [-0.25, -0.2) is 0 Å². The van der Waals surface area contributed by atoms with Gasteiger partial charge in [-0.05, 0) is 31.9 Å². The number of Topliss-reactive ketones (excluding diaryl/α,β-unsaturated/α-hetero) is 1. The molecule has 0 aliphatic rings. The first-order chi connectivity index (χ1) is 8.86. The molecule has 1 aromatic rings. The molecule has 5 nitrogen and oxygen atoms in total. The van der Waals surface area contributed by atoms with Crippen molar-refractivity contribution in [1.82, 2.24) is 0 Å². The molecule has 0 heterocycles. The lowest BCUT2D eigenvalue weighted by Crippen LogP contribution is -2.09. The monoisotopic (exact) mass is 284 g/mol. The van der Waals surface area contributed by atoms with E-state index in [0.717, 1.165) is 11.8 Å². The van der Waals surface area contributed by atoms with E-state index in [4.69, 9.17) is 4.55 Å². The fraction of sp³-hybridized carbons (Fsp3) is 0.385. The van der Waals surface area contributed by atoms with Crippen molar-refractivity contribution in [2.45, 2.75) is 37.5 Å². The lowest BCUT2D eigenvalue weighted by molar-refractivity contribution is -0.107. The molecule has 0 aliphatic carbocycles. The van der Waals surface area contributed by atoms with Gasteiger partial charge in [-0.3, -0.25) is 9.35 Å². The molecule has 0 atom stereocenters. The van der Waals surface area contributed by atoms with Crippen LogP contribution in [0.1, 0.15) is 41.6 Å². The second-order valence-corrected chi connectivity index (χ2v) is 5.70. The Balaban J connectivity index is 2.95. The van der Waals surface area contributed by atoms with E-state index in [-0.39, 0.29) is 22.7 Å². The first-order valence-electron chi connectivity index (χ1n) is 5.91. The number of hydrogen-bond acceptors (Lipinski definition) is 4. The maximum atomic E-state index is 12.0. The molecule has 0 fully saturated rings. The Hall–Kier alpha value is -1.53. The molecule has 19 heavy (non-hydrogen) atoms. The Morgan fingerprint density at radius 1 is 1.32 bits per heavy atom. The molecule has 0 saturated carbocycles. The quantitative estimate of drug-likeness (QED) is 0.359. The third-order valence-corrected chi connectivity index (χ3v) is 3.60. The summed E-state index contributed by atoms with van der Waals surface area (Å²) in [6.07, 6.45) is 2.41. The Labute approximate surface area is 112 Å². The predicted molar refractivity (Wildman–Crippen MR) is 69.9 cm³/mol. The second-order valence-electron chi connectivity index (χ2n) is 4.31. The normalized spacial score (nSPS) is 11.3. The lowest BCUT2D eigenvalue weighted by atomic mass is 10.0. The molecule has 0 saturated heterocycles. The Morgan fingerprint density at radius 2 is 2.00 bits per heavy atom. The number of ketones is 1. The molecule has 1 aromatic carbocycles. The van der Waals surface area contributed by atoms with E-state index < -0.39 is 10.1 Å². The SMILES string of the molecule is Cc1ccc(S(=O)(=O)O)c(C(=O)CCCCC=O)c1. The summed E-state index contributed by atoms with van der Waals surface area (Å²) < 4.78 is 31.5. The number of benzene rings is 1. The molecule has 0 aliphatic heterocycles. The van der Waals surface area contributed by atoms with Crippen molar-refractivity contribution in [3.8, 4) is 0 Å². The van der Waals surface area contributed by atoms with Crippen molar-refractivity contribution in [2.24, 2.45) is 0 Å². The van der Waals surface area contributed by atoms with Crippen molar-refractivity contribution in [2.75, 3.05) is 0 Å². The van der Waals surface area contributed by atoms with Crippen molar-refractivity contribution in [3.05, 3.63) is 29.3 Å². The highest BCUT2D eigenvalue weighted by molar-refractivity contribution is 7.86. The van der Waals surface area contributed by atoms with Gasteiger partial charge in [0.15, 0.2) is 5.78 Å². The average Bonchev–Trinajstić information content (AvgIpc) is 2.32. The fourth-order valence-electron chi connectivity index (χ4n) is 1.73. The van der Waals surface area contributed by atoms with Gasteiger partial charge in [0.2, 0.25) is 0 Å². The minimum Gasteiger partial charge on any atom is -0.303 e. The minimum atomic E-state index is -4.41. The number of hydrogen-bond donors (Lipinski definition) is 1. The van der Waals surface area contributed by atoms with Crippen molar-refractivity contribution in [1.29, 1.82) is 0 Å². The van der Waals surface area contributed by atoms with Crippen LogP contribution in [0.3, 0.4) is 0 Å². The first-order valence-corrected chi connectivity index (χ1v) is 7.35. The highest BCUT2D eigenvalue weighted by atomic mass is 32.2. The first kappa shape index (κ1) is 15.5. The summed E-state index contributed by atoms with van der Waals surface area (Å²) in [4.78, 5) is 21.8. The minimum absolute atomic E-state index is 0.00797. The van der Waals surface area contributed by atoms with Crippen LogP contribution >= 0.6 is 0 Å². The van der Waals surface area contributed by atoms with E-state index in [1.54, 1.807) is 6.92 Å². The summed E-state index contributed by atoms with van der Waals surface area (Å²) in [6.45, 7) is 1.73. The number of rotatable bonds is 7. The third kappa shape index (κ3) is 4.57. The van der Waals surface area contributed by atoms with Crippen LogP contribution in [-0.2, 0) is 14.9 Å². The zero-order valence-electron chi connectivity index (χ0n) is 10.6. The van der Waals surface area contributed by atoms with Crippen LogP contribution in [0.15, 0.2) is 23.1 Å². The molecule has 0 radical (unpaired) electrons. The summed E-state index contributed by atoms with van der Waals surface area (Å²) in [6, 6.07) is 4.20. The zero-order chi connectivity index (χ0) is 14.5. The van der Waals surface area contributed by atoms with Crippen molar-refractivity contribution in [3.63, 3.8) is 0 Å². The van der Waals surface area contributed by atoms with Gasteiger partial charge in [-0.1, -0.05) is 11.6 Å². The van der Waals surface area contributed by atoms with Gasteiger partial charge < -0.3 is 4.79 Å². The van der Waals surface area contributed by atoms with E-state index in [1.165, 1.54) is 18.2 Å². The fourth-order valence-corrected chi connectivity index (χ4v) is 2.43. The molecular weight excluding hydrogens is 268 g/mol. The Bertz CT molecular complexity index is 575. The maximum absolute atomic E-state index is 12.0. The van der Waals surface area contributed by atoms with Crippen LogP contribution in [-0.4, -0.2) is 25.0 Å². The van der Waals surface area contributed by atoms with Gasteiger partial charge in [0.1, 0.15) is 11.2 Å². The summed E-state index contributed by atoms with van der Waals surface area (Å²) in [7, 11) is -4.41. The molecule has 0 spiro atoms. The zero-order valence-corrected chi connectivity index (χ0v) is 11.4. The van der Waals surface area contributed by atoms with Gasteiger partial charge in [0.05, 0.1) is 0 Å². The Morgan fingerprint density at radius 3 is 2.58 bits per heavy atom. The highest BCUT2D eigenvalue weighted by Gasteiger charge is 2.20. The van der Waals surface area contributed by atoms with Crippen LogP contribution < -0.4 is 0 Å². The number of aryl methyl sites for hydroxylation is 1. The van der Waals surface area contributed by atoms with E-state index in [1.807, 2.05) is 0 Å². The molecule has 1 rings (SSSR count). The van der Waals surface area contributed by atoms with Crippen LogP contribution in [0.5, 0.6) is 0 Å². The van der Waals surface area contributed by atoms with E-state index in [0.29, 0.717) is 19.3 Å². The smallest absolute Gasteiger partial charge is 0.295 e. The van der Waals surface area contributed by atoms with Crippen molar-refractivity contribution < 1.29 is 22.6 Å². The van der Waals surface area contributed by atoms with E-state index in [2.05, 4.69) is 0 Å². The summed E-state index contributed by atoms with van der Waals surface area (Å²) in [5, 5.41) is 0. The van der Waals surface area contributed by atoms with Gasteiger partial charge in [0, 0.05) is 18.4 Å². The molecule has 0 amide bonds. The summed E-state index contributed by atoms with van der Waals surface area (Å²) >= 11 is 0. The summed E-state index contributed by atoms with van der Waals surface area (Å²) in [5.74, 6) is -0.345. The highest BCUT2D eigenvalue weighted by Crippen LogP contribution is 2.20. The van der Waals surface area contributed by atoms with Crippen LogP contribution in [0.25, 0.3) is 0 Å². The van der Waals surface area contributed by atoms with Crippen LogP contribution in [0.4, 0.5) is 0 Å². The third-order valence-electron chi connectivity index (χ3n) is 2.69. The van der Waals surface area contributed by atoms with Gasteiger partial charge in [-0.2, -0.15) is 8.42 Å². The molecule has 6 heteroatoms. The van der Waals surface area contributed by atoms with Crippen molar-refractivity contribution >= 4 is 22.2 Å². The second kappa shape index (κ2) is 6.58. The number of carbonyl (C=O) groups is 2. The molecule has 1 N–H and O–H groups in total. The number of unbranched alkanes of at least 4 members (excludes halogenated alkanes) is 2.